The van der Waals surface area contributed by atoms with E-state index in [0.717, 1.165) is 11.1 Å². The molecule has 0 fully saturated rings. The molecule has 0 aliphatic rings. The van der Waals surface area contributed by atoms with Gasteiger partial charge >= 0.3 is 0 Å². The summed E-state index contributed by atoms with van der Waals surface area (Å²) in [6, 6.07) is 7.83. The van der Waals surface area contributed by atoms with E-state index in [4.69, 9.17) is 11.6 Å². The standard InChI is InChI=1S/C13H14ClN3O/c1-17-9-12(8-16-17)13(18)15-7-11-4-2-3-10(5-11)6-14/h2-5,8-9H,6-7H2,1H3,(H,15,18). The zero-order valence-electron chi connectivity index (χ0n) is 10.1. The Morgan fingerprint density at radius 2 is 2.22 bits per heavy atom. The van der Waals surface area contributed by atoms with Gasteiger partial charge < -0.3 is 5.32 Å². The van der Waals surface area contributed by atoms with Crippen LogP contribution >= 0.6 is 11.6 Å². The predicted octanol–water partition coefficient (Wildman–Crippen LogP) is 2.09. The lowest BCUT2D eigenvalue weighted by atomic mass is 10.1. The number of hydrogen-bond acceptors (Lipinski definition) is 2. The fourth-order valence-corrected chi connectivity index (χ4v) is 1.81. The maximum absolute atomic E-state index is 11.8. The highest BCUT2D eigenvalue weighted by molar-refractivity contribution is 6.17. The van der Waals surface area contributed by atoms with Gasteiger partial charge in [-0.15, -0.1) is 11.6 Å². The maximum Gasteiger partial charge on any atom is 0.254 e. The van der Waals surface area contributed by atoms with Crippen LogP contribution in [-0.2, 0) is 19.5 Å². The molecular weight excluding hydrogens is 250 g/mol. The van der Waals surface area contributed by atoms with Gasteiger partial charge in [-0.1, -0.05) is 24.3 Å². The Morgan fingerprint density at radius 3 is 2.89 bits per heavy atom. The molecular formula is C13H14ClN3O. The van der Waals surface area contributed by atoms with Gasteiger partial charge in [0.1, 0.15) is 0 Å². The van der Waals surface area contributed by atoms with Crippen LogP contribution in [0.5, 0.6) is 0 Å². The third-order valence-electron chi connectivity index (χ3n) is 2.57. The zero-order valence-corrected chi connectivity index (χ0v) is 10.8. The van der Waals surface area contributed by atoms with Crippen molar-refractivity contribution in [2.24, 2.45) is 7.05 Å². The van der Waals surface area contributed by atoms with E-state index >= 15 is 0 Å². The number of aromatic nitrogens is 2. The summed E-state index contributed by atoms with van der Waals surface area (Å²) in [6.45, 7) is 0.485. The smallest absolute Gasteiger partial charge is 0.254 e. The van der Waals surface area contributed by atoms with Crippen LogP contribution < -0.4 is 5.32 Å². The first-order valence-electron chi connectivity index (χ1n) is 5.59. The molecule has 1 N–H and O–H groups in total. The molecule has 0 unspecified atom stereocenters. The molecule has 0 spiro atoms. The fraction of sp³-hybridized carbons (Fsp3) is 0.231. The molecule has 18 heavy (non-hydrogen) atoms. The largest absolute Gasteiger partial charge is 0.348 e. The second kappa shape index (κ2) is 5.69. The summed E-state index contributed by atoms with van der Waals surface area (Å²) in [4.78, 5) is 11.8. The van der Waals surface area contributed by atoms with Crippen molar-refractivity contribution in [1.82, 2.24) is 15.1 Å². The molecule has 2 aromatic rings. The van der Waals surface area contributed by atoms with E-state index in [1.165, 1.54) is 0 Å². The van der Waals surface area contributed by atoms with E-state index in [0.29, 0.717) is 18.0 Å². The molecule has 0 saturated heterocycles. The number of amides is 1. The Hall–Kier alpha value is -1.81. The molecule has 94 valence electrons. The lowest BCUT2D eigenvalue weighted by molar-refractivity contribution is 0.0951. The van der Waals surface area contributed by atoms with Gasteiger partial charge in [-0.3, -0.25) is 9.48 Å². The number of alkyl halides is 1. The lowest BCUT2D eigenvalue weighted by Crippen LogP contribution is -2.22. The van der Waals surface area contributed by atoms with Crippen molar-refractivity contribution < 1.29 is 4.79 Å². The summed E-state index contributed by atoms with van der Waals surface area (Å²) in [5.74, 6) is 0.351. The van der Waals surface area contributed by atoms with Crippen molar-refractivity contribution in [2.75, 3.05) is 0 Å². The highest BCUT2D eigenvalue weighted by atomic mass is 35.5. The SMILES string of the molecule is Cn1cc(C(=O)NCc2cccc(CCl)c2)cn1. The molecule has 0 saturated carbocycles. The minimum atomic E-state index is -0.126. The Bertz CT molecular complexity index is 551. The molecule has 0 radical (unpaired) electrons. The van der Waals surface area contributed by atoms with Crippen molar-refractivity contribution in [2.45, 2.75) is 12.4 Å². The minimum absolute atomic E-state index is 0.126. The Morgan fingerprint density at radius 1 is 1.44 bits per heavy atom. The number of nitrogens with one attached hydrogen (secondary N) is 1. The van der Waals surface area contributed by atoms with Crippen molar-refractivity contribution in [3.05, 3.63) is 53.3 Å². The fourth-order valence-electron chi connectivity index (χ4n) is 1.65. The topological polar surface area (TPSA) is 46.9 Å². The number of halogens is 1. The van der Waals surface area contributed by atoms with E-state index in [1.807, 2.05) is 24.3 Å². The van der Waals surface area contributed by atoms with Gasteiger partial charge in [0.2, 0.25) is 0 Å². The van der Waals surface area contributed by atoms with Crippen molar-refractivity contribution >= 4 is 17.5 Å². The van der Waals surface area contributed by atoms with E-state index < -0.39 is 0 Å². The molecule has 0 aliphatic heterocycles. The third kappa shape index (κ3) is 3.11. The van der Waals surface area contributed by atoms with Gasteiger partial charge in [-0.25, -0.2) is 0 Å². The number of nitrogens with zero attached hydrogens (tertiary/aromatic N) is 2. The average Bonchev–Trinajstić information content (AvgIpc) is 2.83. The van der Waals surface area contributed by atoms with Crippen LogP contribution in [-0.4, -0.2) is 15.7 Å². The van der Waals surface area contributed by atoms with E-state index in [-0.39, 0.29) is 5.91 Å². The van der Waals surface area contributed by atoms with Gasteiger partial charge in [0.25, 0.3) is 5.91 Å². The third-order valence-corrected chi connectivity index (χ3v) is 2.87. The summed E-state index contributed by atoms with van der Waals surface area (Å²) < 4.78 is 1.60. The second-order valence-corrected chi connectivity index (χ2v) is 4.31. The minimum Gasteiger partial charge on any atom is -0.348 e. The number of carbonyl (C=O) groups excluding carboxylic acids is 1. The van der Waals surface area contributed by atoms with Crippen LogP contribution in [0.4, 0.5) is 0 Å². The van der Waals surface area contributed by atoms with Gasteiger partial charge in [-0.2, -0.15) is 5.10 Å². The second-order valence-electron chi connectivity index (χ2n) is 4.04. The molecule has 5 heteroatoms. The predicted molar refractivity (Wildman–Crippen MR) is 70.4 cm³/mol. The summed E-state index contributed by atoms with van der Waals surface area (Å²) >= 11 is 5.76. The van der Waals surface area contributed by atoms with Gasteiger partial charge in [0.05, 0.1) is 11.8 Å². The van der Waals surface area contributed by atoms with Crippen LogP contribution in [0.25, 0.3) is 0 Å². The number of aryl methyl sites for hydroxylation is 1. The van der Waals surface area contributed by atoms with Crippen molar-refractivity contribution in [3.63, 3.8) is 0 Å². The normalized spacial score (nSPS) is 10.3. The molecule has 0 aliphatic carbocycles. The molecule has 2 rings (SSSR count). The molecule has 4 nitrogen and oxygen atoms in total. The number of rotatable bonds is 4. The number of hydrogen-bond donors (Lipinski definition) is 1. The molecule has 0 bridgehead atoms. The van der Waals surface area contributed by atoms with E-state index in [9.17, 15) is 4.79 Å². The van der Waals surface area contributed by atoms with Crippen molar-refractivity contribution in [1.29, 1.82) is 0 Å². The summed E-state index contributed by atoms with van der Waals surface area (Å²) in [5, 5.41) is 6.80. The molecule has 1 amide bonds. The highest BCUT2D eigenvalue weighted by Gasteiger charge is 2.07. The first kappa shape index (κ1) is 12.6. The maximum atomic E-state index is 11.8. The number of benzene rings is 1. The Kier molecular flexibility index (Phi) is 3.99. The number of carbonyl (C=O) groups is 1. The Balaban J connectivity index is 1.97. The monoisotopic (exact) mass is 263 g/mol. The van der Waals surface area contributed by atoms with Crippen molar-refractivity contribution in [3.8, 4) is 0 Å². The van der Waals surface area contributed by atoms with E-state index in [1.54, 1.807) is 24.1 Å². The summed E-state index contributed by atoms with van der Waals surface area (Å²) in [6.07, 6.45) is 3.23. The summed E-state index contributed by atoms with van der Waals surface area (Å²) in [5.41, 5.74) is 2.64. The van der Waals surface area contributed by atoms with Gasteiger partial charge in [-0.05, 0) is 11.1 Å². The first-order valence-corrected chi connectivity index (χ1v) is 6.13. The lowest BCUT2D eigenvalue weighted by Gasteiger charge is -2.05. The van der Waals surface area contributed by atoms with E-state index in [2.05, 4.69) is 10.4 Å². The quantitative estimate of drug-likeness (QED) is 0.859. The van der Waals surface area contributed by atoms with Gasteiger partial charge in [0.15, 0.2) is 0 Å². The molecule has 1 aromatic heterocycles. The van der Waals surface area contributed by atoms with Crippen LogP contribution in [0.3, 0.4) is 0 Å². The van der Waals surface area contributed by atoms with Crippen LogP contribution in [0.1, 0.15) is 21.5 Å². The van der Waals surface area contributed by atoms with Crippen LogP contribution in [0, 0.1) is 0 Å². The average molecular weight is 264 g/mol. The molecule has 1 aromatic carbocycles. The van der Waals surface area contributed by atoms with Crippen LogP contribution in [0.15, 0.2) is 36.7 Å². The van der Waals surface area contributed by atoms with Gasteiger partial charge in [0, 0.05) is 25.7 Å². The Labute approximate surface area is 111 Å². The first-order chi connectivity index (χ1) is 8.69. The molecule has 0 atom stereocenters. The zero-order chi connectivity index (χ0) is 13.0. The van der Waals surface area contributed by atoms with Crippen LogP contribution in [0.2, 0.25) is 0 Å². The highest BCUT2D eigenvalue weighted by Crippen LogP contribution is 2.08. The summed E-state index contributed by atoms with van der Waals surface area (Å²) in [7, 11) is 1.78. The molecule has 1 heterocycles.